The summed E-state index contributed by atoms with van der Waals surface area (Å²) in [5, 5.41) is 0. The van der Waals surface area contributed by atoms with E-state index in [0.29, 0.717) is 19.5 Å². The van der Waals surface area contributed by atoms with Crippen LogP contribution in [0.3, 0.4) is 0 Å². The van der Waals surface area contributed by atoms with E-state index in [-0.39, 0.29) is 11.3 Å². The van der Waals surface area contributed by atoms with Gasteiger partial charge in [0.2, 0.25) is 5.91 Å². The fraction of sp³-hybridized carbons (Fsp3) is 0.500. The number of amides is 1. The summed E-state index contributed by atoms with van der Waals surface area (Å²) in [7, 11) is 1.84. The molecule has 0 aromatic heterocycles. The highest BCUT2D eigenvalue weighted by Gasteiger charge is 2.29. The number of carbonyl (C=O) groups excluding carboxylic acids is 1. The summed E-state index contributed by atoms with van der Waals surface area (Å²) >= 11 is 0. The molecular weight excluding hydrogens is 212 g/mol. The predicted octanol–water partition coefficient (Wildman–Crippen LogP) is 2.02. The highest BCUT2D eigenvalue weighted by atomic mass is 16.2. The van der Waals surface area contributed by atoms with Gasteiger partial charge in [0.1, 0.15) is 0 Å². The average molecular weight is 234 g/mol. The van der Waals surface area contributed by atoms with Crippen LogP contribution in [0.15, 0.2) is 30.3 Å². The first kappa shape index (κ1) is 13.7. The monoisotopic (exact) mass is 234 g/mol. The van der Waals surface area contributed by atoms with Crippen LogP contribution in [0.2, 0.25) is 0 Å². The van der Waals surface area contributed by atoms with Gasteiger partial charge in [-0.25, -0.2) is 0 Å². The van der Waals surface area contributed by atoms with Gasteiger partial charge in [-0.15, -0.1) is 0 Å². The number of benzene rings is 1. The SMILES string of the molecule is CN(Cc1ccccc1)C(=O)C(C)(C)CCN. The van der Waals surface area contributed by atoms with E-state index in [1.807, 2.05) is 51.2 Å². The second-order valence-corrected chi connectivity index (χ2v) is 5.07. The van der Waals surface area contributed by atoms with Gasteiger partial charge in [0.25, 0.3) is 0 Å². The molecule has 0 saturated heterocycles. The van der Waals surface area contributed by atoms with Crippen molar-refractivity contribution >= 4 is 5.91 Å². The van der Waals surface area contributed by atoms with E-state index >= 15 is 0 Å². The Balaban J connectivity index is 2.65. The van der Waals surface area contributed by atoms with E-state index in [1.54, 1.807) is 4.90 Å². The molecule has 0 heterocycles. The van der Waals surface area contributed by atoms with Crippen LogP contribution in [0.5, 0.6) is 0 Å². The molecule has 0 spiro atoms. The van der Waals surface area contributed by atoms with Crippen LogP contribution in [0, 0.1) is 5.41 Å². The highest BCUT2D eigenvalue weighted by molar-refractivity contribution is 5.81. The molecule has 0 aliphatic carbocycles. The maximum Gasteiger partial charge on any atom is 0.228 e. The Bertz CT molecular complexity index is 360. The van der Waals surface area contributed by atoms with E-state index in [4.69, 9.17) is 5.73 Å². The lowest BCUT2D eigenvalue weighted by atomic mass is 9.87. The van der Waals surface area contributed by atoms with Gasteiger partial charge in [-0.1, -0.05) is 44.2 Å². The topological polar surface area (TPSA) is 46.3 Å². The third-order valence-corrected chi connectivity index (χ3v) is 2.96. The lowest BCUT2D eigenvalue weighted by molar-refractivity contribution is -0.139. The van der Waals surface area contributed by atoms with Crippen molar-refractivity contribution < 1.29 is 4.79 Å². The van der Waals surface area contributed by atoms with Gasteiger partial charge in [0, 0.05) is 19.0 Å². The molecular formula is C14H22N2O. The van der Waals surface area contributed by atoms with Gasteiger partial charge < -0.3 is 10.6 Å². The summed E-state index contributed by atoms with van der Waals surface area (Å²) in [5.74, 6) is 0.145. The summed E-state index contributed by atoms with van der Waals surface area (Å²) in [5.41, 5.74) is 6.30. The number of hydrogen-bond donors (Lipinski definition) is 1. The molecule has 0 radical (unpaired) electrons. The molecule has 0 aliphatic heterocycles. The van der Waals surface area contributed by atoms with Crippen molar-refractivity contribution in [1.82, 2.24) is 4.90 Å². The Morgan fingerprint density at radius 1 is 1.29 bits per heavy atom. The third kappa shape index (κ3) is 3.86. The van der Waals surface area contributed by atoms with Crippen LogP contribution >= 0.6 is 0 Å². The number of nitrogens with zero attached hydrogens (tertiary/aromatic N) is 1. The van der Waals surface area contributed by atoms with Crippen molar-refractivity contribution in [3.8, 4) is 0 Å². The summed E-state index contributed by atoms with van der Waals surface area (Å²) in [6, 6.07) is 10.0. The Labute approximate surface area is 104 Å². The van der Waals surface area contributed by atoms with Gasteiger partial charge in [-0.2, -0.15) is 0 Å². The van der Waals surface area contributed by atoms with Crippen LogP contribution in [-0.4, -0.2) is 24.4 Å². The largest absolute Gasteiger partial charge is 0.341 e. The number of hydrogen-bond acceptors (Lipinski definition) is 2. The lowest BCUT2D eigenvalue weighted by Gasteiger charge is -2.29. The normalized spacial score (nSPS) is 11.3. The van der Waals surface area contributed by atoms with E-state index in [9.17, 15) is 4.79 Å². The average Bonchev–Trinajstić information content (AvgIpc) is 2.29. The molecule has 17 heavy (non-hydrogen) atoms. The fourth-order valence-electron chi connectivity index (χ4n) is 1.91. The molecule has 0 saturated carbocycles. The minimum Gasteiger partial charge on any atom is -0.341 e. The fourth-order valence-corrected chi connectivity index (χ4v) is 1.91. The quantitative estimate of drug-likeness (QED) is 0.847. The predicted molar refractivity (Wildman–Crippen MR) is 70.4 cm³/mol. The van der Waals surface area contributed by atoms with Gasteiger partial charge in [-0.05, 0) is 18.5 Å². The zero-order valence-electron chi connectivity index (χ0n) is 10.9. The third-order valence-electron chi connectivity index (χ3n) is 2.96. The van der Waals surface area contributed by atoms with Gasteiger partial charge in [-0.3, -0.25) is 4.79 Å². The van der Waals surface area contributed by atoms with E-state index in [1.165, 1.54) is 0 Å². The minimum absolute atomic E-state index is 0.145. The Kier molecular flexibility index (Phi) is 4.70. The van der Waals surface area contributed by atoms with Crippen LogP contribution in [0.1, 0.15) is 25.8 Å². The van der Waals surface area contributed by atoms with Crippen molar-refractivity contribution in [3.05, 3.63) is 35.9 Å². The standard InChI is InChI=1S/C14H22N2O/c1-14(2,9-10-15)13(17)16(3)11-12-7-5-4-6-8-12/h4-8H,9-11,15H2,1-3H3. The summed E-state index contributed by atoms with van der Waals surface area (Å²) in [6.45, 7) is 5.08. The van der Waals surface area contributed by atoms with Crippen LogP contribution in [0.4, 0.5) is 0 Å². The van der Waals surface area contributed by atoms with Crippen molar-refractivity contribution in [2.24, 2.45) is 11.1 Å². The molecule has 3 heteroatoms. The molecule has 1 rings (SSSR count). The zero-order chi connectivity index (χ0) is 12.9. The first-order chi connectivity index (χ1) is 7.97. The molecule has 0 unspecified atom stereocenters. The van der Waals surface area contributed by atoms with E-state index < -0.39 is 0 Å². The molecule has 3 nitrogen and oxygen atoms in total. The van der Waals surface area contributed by atoms with Gasteiger partial charge in [0.05, 0.1) is 0 Å². The van der Waals surface area contributed by atoms with Crippen LogP contribution < -0.4 is 5.73 Å². The summed E-state index contributed by atoms with van der Waals surface area (Å²) < 4.78 is 0. The van der Waals surface area contributed by atoms with Crippen LogP contribution in [-0.2, 0) is 11.3 Å². The Hall–Kier alpha value is -1.35. The Morgan fingerprint density at radius 3 is 2.41 bits per heavy atom. The van der Waals surface area contributed by atoms with Gasteiger partial charge in [0.15, 0.2) is 0 Å². The second kappa shape index (κ2) is 5.82. The van der Waals surface area contributed by atoms with Crippen molar-refractivity contribution in [2.75, 3.05) is 13.6 Å². The zero-order valence-corrected chi connectivity index (χ0v) is 10.9. The molecule has 0 atom stereocenters. The number of nitrogens with two attached hydrogens (primary N) is 1. The molecule has 0 aliphatic rings. The second-order valence-electron chi connectivity index (χ2n) is 5.07. The molecule has 1 amide bonds. The summed E-state index contributed by atoms with van der Waals surface area (Å²) in [6.07, 6.45) is 0.713. The molecule has 1 aromatic carbocycles. The molecule has 2 N–H and O–H groups in total. The molecule has 94 valence electrons. The maximum atomic E-state index is 12.2. The molecule has 0 fully saturated rings. The number of rotatable bonds is 5. The van der Waals surface area contributed by atoms with E-state index in [2.05, 4.69) is 0 Å². The molecule has 1 aromatic rings. The Morgan fingerprint density at radius 2 is 1.88 bits per heavy atom. The lowest BCUT2D eigenvalue weighted by Crippen LogP contribution is -2.39. The first-order valence-corrected chi connectivity index (χ1v) is 5.97. The number of carbonyl (C=O) groups is 1. The van der Waals surface area contributed by atoms with Gasteiger partial charge >= 0.3 is 0 Å². The van der Waals surface area contributed by atoms with Crippen molar-refractivity contribution in [1.29, 1.82) is 0 Å². The highest BCUT2D eigenvalue weighted by Crippen LogP contribution is 2.23. The van der Waals surface area contributed by atoms with Crippen LogP contribution in [0.25, 0.3) is 0 Å². The van der Waals surface area contributed by atoms with E-state index in [0.717, 1.165) is 5.56 Å². The first-order valence-electron chi connectivity index (χ1n) is 5.97. The van der Waals surface area contributed by atoms with Crippen molar-refractivity contribution in [3.63, 3.8) is 0 Å². The maximum absolute atomic E-state index is 12.2. The molecule has 0 bridgehead atoms. The smallest absolute Gasteiger partial charge is 0.228 e. The van der Waals surface area contributed by atoms with Crippen molar-refractivity contribution in [2.45, 2.75) is 26.8 Å². The summed E-state index contributed by atoms with van der Waals surface area (Å²) in [4.78, 5) is 14.0. The minimum atomic E-state index is -0.377.